The molecule has 1 aromatic carbocycles. The van der Waals surface area contributed by atoms with Crippen molar-refractivity contribution >= 4 is 33.9 Å². The van der Waals surface area contributed by atoms with Gasteiger partial charge in [0.15, 0.2) is 5.13 Å². The number of nitrogens with one attached hydrogen (secondary N) is 4. The lowest BCUT2D eigenvalue weighted by Gasteiger charge is -2.33. The van der Waals surface area contributed by atoms with E-state index >= 15 is 0 Å². The van der Waals surface area contributed by atoms with Crippen molar-refractivity contribution in [3.63, 3.8) is 0 Å². The predicted octanol–water partition coefficient (Wildman–Crippen LogP) is 4.24. The van der Waals surface area contributed by atoms with E-state index in [1.807, 2.05) is 37.4 Å². The molecule has 0 bridgehead atoms. The van der Waals surface area contributed by atoms with Crippen LogP contribution in [-0.2, 0) is 15.9 Å². The molecule has 0 unspecified atom stereocenters. The summed E-state index contributed by atoms with van der Waals surface area (Å²) in [7, 11) is 0. The van der Waals surface area contributed by atoms with Gasteiger partial charge in [-0.2, -0.15) is 0 Å². The molecule has 1 aromatic heterocycles. The number of ether oxygens (including phenoxy) is 2. The zero-order valence-electron chi connectivity index (χ0n) is 21.1. The fraction of sp³-hybridized carbons (Fsp3) is 0.500. The molecule has 0 radical (unpaired) electrons. The summed E-state index contributed by atoms with van der Waals surface area (Å²) >= 11 is 1.48. The molecule has 2 aromatic rings. The first-order valence-corrected chi connectivity index (χ1v) is 13.3. The largest absolute Gasteiger partial charge is 0.381 e. The van der Waals surface area contributed by atoms with Crippen LogP contribution in [0.3, 0.4) is 0 Å². The summed E-state index contributed by atoms with van der Waals surface area (Å²) in [4.78, 5) is 20.7. The zero-order valence-corrected chi connectivity index (χ0v) is 21.9. The number of morpholine rings is 1. The third kappa shape index (κ3) is 7.60. The highest BCUT2D eigenvalue weighted by Crippen LogP contribution is 2.31. The molecule has 2 aliphatic heterocycles. The van der Waals surface area contributed by atoms with Gasteiger partial charge in [-0.3, -0.25) is 15.5 Å². The van der Waals surface area contributed by atoms with Crippen LogP contribution in [-0.4, -0.2) is 67.7 Å². The van der Waals surface area contributed by atoms with Gasteiger partial charge in [-0.15, -0.1) is 11.3 Å². The third-order valence-electron chi connectivity index (χ3n) is 6.67. The van der Waals surface area contributed by atoms with Crippen molar-refractivity contribution in [2.75, 3.05) is 56.7 Å². The molecular formula is C26H36N6O3S. The number of thiazole rings is 1. The van der Waals surface area contributed by atoms with Crippen LogP contribution in [0.25, 0.3) is 0 Å². The van der Waals surface area contributed by atoms with Crippen LogP contribution in [0, 0.1) is 17.7 Å². The van der Waals surface area contributed by atoms with Gasteiger partial charge >= 0.3 is 6.03 Å². The van der Waals surface area contributed by atoms with Crippen LogP contribution >= 0.6 is 11.3 Å². The van der Waals surface area contributed by atoms with Crippen molar-refractivity contribution in [3.8, 4) is 0 Å². The van der Waals surface area contributed by atoms with Gasteiger partial charge < -0.3 is 20.2 Å². The minimum Gasteiger partial charge on any atom is -0.381 e. The first kappa shape index (κ1) is 26.3. The van der Waals surface area contributed by atoms with Gasteiger partial charge in [-0.05, 0) is 38.3 Å². The summed E-state index contributed by atoms with van der Waals surface area (Å²) in [6, 6.07) is 7.49. The topological polar surface area (TPSA) is 112 Å². The number of benzene rings is 1. The highest BCUT2D eigenvalue weighted by molar-refractivity contribution is 7.15. The quantitative estimate of drug-likeness (QED) is 0.374. The fourth-order valence-corrected chi connectivity index (χ4v) is 4.93. The summed E-state index contributed by atoms with van der Waals surface area (Å²) in [5.74, 6) is 0.443. The summed E-state index contributed by atoms with van der Waals surface area (Å²) < 4.78 is 10.9. The second-order valence-corrected chi connectivity index (χ2v) is 10.7. The molecule has 36 heavy (non-hydrogen) atoms. The molecule has 10 heteroatoms. The number of aromatic nitrogens is 1. The number of rotatable bonds is 9. The van der Waals surface area contributed by atoms with Gasteiger partial charge in [0, 0.05) is 66.8 Å². The Kier molecular flexibility index (Phi) is 9.08. The molecule has 9 nitrogen and oxygen atoms in total. The molecule has 4 N–H and O–H groups in total. The third-order valence-corrected chi connectivity index (χ3v) is 7.64. The second kappa shape index (κ2) is 12.4. The van der Waals surface area contributed by atoms with Crippen LogP contribution in [0.1, 0.15) is 30.2 Å². The van der Waals surface area contributed by atoms with Crippen LogP contribution in [0.5, 0.6) is 0 Å². The van der Waals surface area contributed by atoms with Crippen molar-refractivity contribution in [1.82, 2.24) is 15.2 Å². The average Bonchev–Trinajstić information content (AvgIpc) is 3.32. The van der Waals surface area contributed by atoms with Crippen LogP contribution in [0.2, 0.25) is 0 Å². The maximum absolute atomic E-state index is 12.9. The zero-order chi connectivity index (χ0) is 25.4. The number of urea groups is 1. The number of hydrogen-bond acceptors (Lipinski definition) is 8. The van der Waals surface area contributed by atoms with E-state index in [1.54, 1.807) is 6.08 Å². The van der Waals surface area contributed by atoms with E-state index < -0.39 is 6.03 Å². The summed E-state index contributed by atoms with van der Waals surface area (Å²) in [5, 5.41) is 18.3. The van der Waals surface area contributed by atoms with Gasteiger partial charge in [0.2, 0.25) is 0 Å². The number of carbonyl (C=O) groups excluding carboxylic acids is 1. The number of nitrogens with zero attached hydrogens (tertiary/aromatic N) is 2. The van der Waals surface area contributed by atoms with Gasteiger partial charge in [-0.1, -0.05) is 24.6 Å². The Bertz CT molecular complexity index is 1060. The molecule has 2 amide bonds. The number of aryl methyl sites for hydroxylation is 1. The maximum Gasteiger partial charge on any atom is 0.326 e. The number of carbonyl (C=O) groups is 1. The molecule has 2 saturated heterocycles. The molecule has 3 heterocycles. The molecule has 0 saturated carbocycles. The Labute approximate surface area is 216 Å². The minimum absolute atomic E-state index is 0.290. The molecule has 0 aliphatic carbocycles. The predicted molar refractivity (Wildman–Crippen MR) is 144 cm³/mol. The summed E-state index contributed by atoms with van der Waals surface area (Å²) in [6.07, 6.45) is 5.97. The summed E-state index contributed by atoms with van der Waals surface area (Å²) in [6.45, 7) is 9.81. The molecule has 0 spiro atoms. The molecule has 2 fully saturated rings. The van der Waals surface area contributed by atoms with Crippen LogP contribution in [0.4, 0.5) is 15.6 Å². The number of allylic oxidation sites excluding steroid dienone is 1. The summed E-state index contributed by atoms with van der Waals surface area (Å²) in [5.41, 5.74) is 2.14. The van der Waals surface area contributed by atoms with Crippen LogP contribution in [0.15, 0.2) is 42.4 Å². The van der Waals surface area contributed by atoms with E-state index in [1.165, 1.54) is 11.3 Å². The standard InChI is InChI=1S/C26H36N6O3S/c1-19-3-5-20(6-4-19)29-23(17-22(27)26(2)8-13-34-14-9-26)30-24(33)31-25-28-18-21(36-25)7-10-32-11-15-35-16-12-32/h3-6,17-18,27,29H,7-16H2,1-2H3,(H2,28,30,31,33)/b23-17+,27-22?. The SMILES string of the molecule is Cc1ccc(N/C(=C\C(=N)C2(C)CCOCC2)NC(=O)Nc2ncc(CCN3CCOCC3)s2)cc1. The Morgan fingerprint density at radius 1 is 1.14 bits per heavy atom. The van der Waals surface area contributed by atoms with Gasteiger partial charge in [-0.25, -0.2) is 9.78 Å². The highest BCUT2D eigenvalue weighted by atomic mass is 32.1. The molecular weight excluding hydrogens is 476 g/mol. The number of anilines is 2. The van der Waals surface area contributed by atoms with E-state index in [-0.39, 0.29) is 5.41 Å². The lowest BCUT2D eigenvalue weighted by Crippen LogP contribution is -2.37. The van der Waals surface area contributed by atoms with E-state index in [9.17, 15) is 4.79 Å². The Balaban J connectivity index is 1.39. The van der Waals surface area contributed by atoms with Crippen molar-refractivity contribution in [1.29, 1.82) is 5.41 Å². The molecule has 194 valence electrons. The van der Waals surface area contributed by atoms with Gasteiger partial charge in [0.1, 0.15) is 5.82 Å². The first-order chi connectivity index (χ1) is 17.4. The lowest BCUT2D eigenvalue weighted by molar-refractivity contribution is 0.0385. The first-order valence-electron chi connectivity index (χ1n) is 12.4. The van der Waals surface area contributed by atoms with Gasteiger partial charge in [0.25, 0.3) is 0 Å². The monoisotopic (exact) mass is 512 g/mol. The Morgan fingerprint density at radius 2 is 1.83 bits per heavy atom. The van der Waals surface area contributed by atoms with E-state index in [0.717, 1.165) is 68.2 Å². The fourth-order valence-electron chi connectivity index (χ4n) is 4.13. The van der Waals surface area contributed by atoms with E-state index in [0.29, 0.717) is 29.9 Å². The Hall–Kier alpha value is -2.79. The van der Waals surface area contributed by atoms with Crippen molar-refractivity contribution < 1.29 is 14.3 Å². The normalized spacial score (nSPS) is 18.4. The highest BCUT2D eigenvalue weighted by Gasteiger charge is 2.31. The number of hydrogen-bond donors (Lipinski definition) is 4. The average molecular weight is 513 g/mol. The molecule has 2 aliphatic rings. The van der Waals surface area contributed by atoms with Crippen molar-refractivity contribution in [3.05, 3.63) is 52.8 Å². The smallest absolute Gasteiger partial charge is 0.326 e. The van der Waals surface area contributed by atoms with E-state index in [2.05, 4.69) is 32.8 Å². The van der Waals surface area contributed by atoms with E-state index in [4.69, 9.17) is 14.9 Å². The molecule has 0 atom stereocenters. The second-order valence-electron chi connectivity index (χ2n) is 9.55. The Morgan fingerprint density at radius 3 is 2.56 bits per heavy atom. The van der Waals surface area contributed by atoms with Crippen LogP contribution < -0.4 is 16.0 Å². The molecule has 4 rings (SSSR count). The van der Waals surface area contributed by atoms with Crippen molar-refractivity contribution in [2.45, 2.75) is 33.1 Å². The maximum atomic E-state index is 12.9. The lowest BCUT2D eigenvalue weighted by atomic mass is 9.78. The van der Waals surface area contributed by atoms with Gasteiger partial charge in [0.05, 0.1) is 13.2 Å². The minimum atomic E-state index is -0.403. The number of amides is 2. The van der Waals surface area contributed by atoms with Crippen molar-refractivity contribution in [2.24, 2.45) is 5.41 Å².